The van der Waals surface area contributed by atoms with Crippen molar-refractivity contribution in [1.29, 1.82) is 5.26 Å². The molecule has 16 heavy (non-hydrogen) atoms. The van der Waals surface area contributed by atoms with E-state index in [-0.39, 0.29) is 5.69 Å². The molecule has 0 fully saturated rings. The Morgan fingerprint density at radius 1 is 1.62 bits per heavy atom. The van der Waals surface area contributed by atoms with E-state index in [1.54, 1.807) is 6.07 Å². The number of aromatic amines is 1. The fraction of sp³-hybridized carbons (Fsp3) is 0.250. The third kappa shape index (κ3) is 2.03. The summed E-state index contributed by atoms with van der Waals surface area (Å²) >= 11 is 0. The molecule has 0 aliphatic carbocycles. The molecule has 0 spiro atoms. The van der Waals surface area contributed by atoms with E-state index in [4.69, 9.17) is 5.26 Å². The van der Waals surface area contributed by atoms with E-state index in [2.05, 4.69) is 4.98 Å². The zero-order chi connectivity index (χ0) is 12.3. The van der Waals surface area contributed by atoms with Gasteiger partial charge in [-0.1, -0.05) is 0 Å². The molecule has 0 unspecified atom stereocenters. The first-order chi connectivity index (χ1) is 7.49. The van der Waals surface area contributed by atoms with Gasteiger partial charge < -0.3 is 4.98 Å². The van der Waals surface area contributed by atoms with Crippen LogP contribution in [0.4, 0.5) is 14.5 Å². The van der Waals surface area contributed by atoms with Gasteiger partial charge in [0.15, 0.2) is 0 Å². The van der Waals surface area contributed by atoms with Crippen LogP contribution in [-0.4, -0.2) is 9.91 Å². The second kappa shape index (κ2) is 4.48. The van der Waals surface area contributed by atoms with E-state index in [1.165, 1.54) is 0 Å². The lowest BCUT2D eigenvalue weighted by Gasteiger charge is -2.01. The maximum Gasteiger partial charge on any atom is 0.336 e. The Morgan fingerprint density at radius 3 is 2.69 bits per heavy atom. The first-order valence-corrected chi connectivity index (χ1v) is 4.03. The average Bonchev–Trinajstić information content (AvgIpc) is 2.17. The van der Waals surface area contributed by atoms with Gasteiger partial charge in [-0.2, -0.15) is 5.26 Å². The van der Waals surface area contributed by atoms with Crippen molar-refractivity contribution in [3.8, 4) is 6.07 Å². The minimum Gasteiger partial charge on any atom is -0.358 e. The lowest BCUT2D eigenvalue weighted by Crippen LogP contribution is -2.17. The third-order valence-electron chi connectivity index (χ3n) is 1.84. The van der Waals surface area contributed by atoms with Gasteiger partial charge in [-0.05, 0) is 0 Å². The Labute approximate surface area is 87.3 Å². The number of nitriles is 1. The van der Waals surface area contributed by atoms with Crippen LogP contribution >= 0.6 is 0 Å². The van der Waals surface area contributed by atoms with Crippen LogP contribution in [0.25, 0.3) is 0 Å². The van der Waals surface area contributed by atoms with Gasteiger partial charge in [-0.3, -0.25) is 14.9 Å². The molecule has 1 N–H and O–H groups in total. The molecule has 8 heteroatoms. The highest BCUT2D eigenvalue weighted by Gasteiger charge is 2.25. The van der Waals surface area contributed by atoms with Crippen LogP contribution < -0.4 is 5.43 Å². The number of nitrogens with one attached hydrogen (secondary N) is 1. The van der Waals surface area contributed by atoms with Crippen LogP contribution in [0.3, 0.4) is 0 Å². The number of alkyl halides is 2. The number of H-pyrrole nitrogens is 1. The smallest absolute Gasteiger partial charge is 0.336 e. The van der Waals surface area contributed by atoms with Crippen molar-refractivity contribution in [3.63, 3.8) is 0 Å². The van der Waals surface area contributed by atoms with Crippen molar-refractivity contribution in [2.75, 3.05) is 0 Å². The molecule has 0 atom stereocenters. The van der Waals surface area contributed by atoms with E-state index < -0.39 is 34.4 Å². The number of hydrogen-bond donors (Lipinski definition) is 1. The Balaban J connectivity index is 3.50. The van der Waals surface area contributed by atoms with E-state index in [0.717, 1.165) is 0 Å². The maximum absolute atomic E-state index is 12.3. The van der Waals surface area contributed by atoms with Gasteiger partial charge in [0.05, 0.1) is 23.0 Å². The Bertz CT molecular complexity index is 518. The van der Waals surface area contributed by atoms with E-state index >= 15 is 0 Å². The molecule has 0 radical (unpaired) electrons. The normalized spacial score (nSPS) is 10.1. The number of nitrogens with zero attached hydrogens (tertiary/aromatic N) is 2. The van der Waals surface area contributed by atoms with Crippen molar-refractivity contribution < 1.29 is 13.7 Å². The molecule has 0 saturated heterocycles. The summed E-state index contributed by atoms with van der Waals surface area (Å²) in [5.74, 6) is 0. The fourth-order valence-electron chi connectivity index (χ4n) is 1.14. The monoisotopic (exact) mass is 229 g/mol. The Morgan fingerprint density at radius 2 is 2.25 bits per heavy atom. The zero-order valence-electron chi connectivity index (χ0n) is 7.74. The predicted molar refractivity (Wildman–Crippen MR) is 48.0 cm³/mol. The maximum atomic E-state index is 12.3. The van der Waals surface area contributed by atoms with Crippen molar-refractivity contribution in [1.82, 2.24) is 4.98 Å². The van der Waals surface area contributed by atoms with E-state index in [0.29, 0.717) is 6.20 Å². The molecule has 0 aliphatic rings. The van der Waals surface area contributed by atoms with Gasteiger partial charge in [-0.25, -0.2) is 8.78 Å². The Hall–Kier alpha value is -2.30. The number of halogens is 2. The number of pyridine rings is 1. The SMILES string of the molecule is N#CCc1[nH]cc(C(F)F)c(=O)c1[N+](=O)[O-]. The van der Waals surface area contributed by atoms with Crippen molar-refractivity contribution in [2.24, 2.45) is 0 Å². The first-order valence-electron chi connectivity index (χ1n) is 4.03. The third-order valence-corrected chi connectivity index (χ3v) is 1.84. The van der Waals surface area contributed by atoms with Gasteiger partial charge in [0.2, 0.25) is 0 Å². The molecule has 1 aromatic heterocycles. The van der Waals surface area contributed by atoms with Crippen LogP contribution in [0.2, 0.25) is 0 Å². The van der Waals surface area contributed by atoms with Crippen LogP contribution in [0, 0.1) is 21.4 Å². The van der Waals surface area contributed by atoms with Gasteiger partial charge in [-0.15, -0.1) is 0 Å². The summed E-state index contributed by atoms with van der Waals surface area (Å²) in [6, 6.07) is 1.59. The molecule has 0 aliphatic heterocycles. The predicted octanol–water partition coefficient (Wildman–Crippen LogP) is 1.29. The minimum absolute atomic E-state index is 0.276. The van der Waals surface area contributed by atoms with Crippen molar-refractivity contribution >= 4 is 5.69 Å². The van der Waals surface area contributed by atoms with Gasteiger partial charge in [0.1, 0.15) is 5.69 Å². The van der Waals surface area contributed by atoms with Crippen LogP contribution in [-0.2, 0) is 6.42 Å². The first kappa shape index (κ1) is 11.8. The van der Waals surface area contributed by atoms with E-state index in [9.17, 15) is 23.7 Å². The Kier molecular flexibility index (Phi) is 3.30. The van der Waals surface area contributed by atoms with E-state index in [1.807, 2.05) is 0 Å². The molecule has 1 heterocycles. The molecule has 84 valence electrons. The molecule has 0 saturated carbocycles. The molecule has 0 bridgehead atoms. The number of nitro groups is 1. The molecule has 1 rings (SSSR count). The van der Waals surface area contributed by atoms with Crippen LogP contribution in [0.15, 0.2) is 11.0 Å². The second-order valence-electron chi connectivity index (χ2n) is 2.79. The largest absolute Gasteiger partial charge is 0.358 e. The standard InChI is InChI=1S/C8H5F2N3O3/c9-8(10)4-3-12-5(1-2-11)6(7(4)14)13(15)16/h3,8H,1H2,(H,12,14). The average molecular weight is 229 g/mol. The van der Waals surface area contributed by atoms with Crippen LogP contribution in [0.5, 0.6) is 0 Å². The summed E-state index contributed by atoms with van der Waals surface area (Å²) in [6.45, 7) is 0. The second-order valence-corrected chi connectivity index (χ2v) is 2.79. The lowest BCUT2D eigenvalue weighted by molar-refractivity contribution is -0.387. The quantitative estimate of drug-likeness (QED) is 0.623. The summed E-state index contributed by atoms with van der Waals surface area (Å²) < 4.78 is 24.6. The van der Waals surface area contributed by atoms with Gasteiger partial charge >= 0.3 is 5.69 Å². The number of aromatic nitrogens is 1. The van der Waals surface area contributed by atoms with Crippen LogP contribution in [0.1, 0.15) is 17.7 Å². The molecule has 0 aromatic carbocycles. The summed E-state index contributed by atoms with van der Waals surface area (Å²) in [6.07, 6.45) is -2.83. The highest BCUT2D eigenvalue weighted by molar-refractivity contribution is 5.39. The topological polar surface area (TPSA) is 99.8 Å². The van der Waals surface area contributed by atoms with Crippen molar-refractivity contribution in [3.05, 3.63) is 37.8 Å². The number of rotatable bonds is 3. The molecule has 0 amide bonds. The summed E-state index contributed by atoms with van der Waals surface area (Å²) in [5, 5.41) is 18.9. The van der Waals surface area contributed by atoms with Crippen molar-refractivity contribution in [2.45, 2.75) is 12.8 Å². The summed E-state index contributed by atoms with van der Waals surface area (Å²) in [4.78, 5) is 22.9. The fourth-order valence-corrected chi connectivity index (χ4v) is 1.14. The number of hydrogen-bond acceptors (Lipinski definition) is 4. The summed E-state index contributed by atoms with van der Waals surface area (Å²) in [5.41, 5.74) is -3.61. The zero-order valence-corrected chi connectivity index (χ0v) is 7.74. The minimum atomic E-state index is -3.10. The van der Waals surface area contributed by atoms with Gasteiger partial charge in [0, 0.05) is 6.20 Å². The molecule has 6 nitrogen and oxygen atoms in total. The highest BCUT2D eigenvalue weighted by Crippen LogP contribution is 2.19. The molecular weight excluding hydrogens is 224 g/mol. The van der Waals surface area contributed by atoms with Gasteiger partial charge in [0.25, 0.3) is 11.9 Å². The molecular formula is C8H5F2N3O3. The molecule has 1 aromatic rings. The summed E-state index contributed by atoms with van der Waals surface area (Å²) in [7, 11) is 0. The highest BCUT2D eigenvalue weighted by atomic mass is 19.3. The lowest BCUT2D eigenvalue weighted by atomic mass is 10.2.